The maximum atomic E-state index is 12.5. The van der Waals surface area contributed by atoms with Crippen LogP contribution in [0.4, 0.5) is 0 Å². The fourth-order valence-electron chi connectivity index (χ4n) is 5.08. The highest BCUT2D eigenvalue weighted by atomic mass is 32.1. The number of aromatic hydroxyl groups is 1. The molecule has 194 valence electrons. The number of thiazole rings is 1. The molecule has 2 atom stereocenters. The molecule has 2 heterocycles. The average molecular weight is 519 g/mol. The van der Waals surface area contributed by atoms with E-state index < -0.39 is 0 Å². The third-order valence-electron chi connectivity index (χ3n) is 7.28. The summed E-state index contributed by atoms with van der Waals surface area (Å²) in [5.41, 5.74) is 4.04. The minimum Gasteiger partial charge on any atom is -0.494 e. The number of nitrogens with zero attached hydrogens (tertiary/aromatic N) is 2. The molecule has 37 heavy (non-hydrogen) atoms. The summed E-state index contributed by atoms with van der Waals surface area (Å²) in [7, 11) is 0. The van der Waals surface area contributed by atoms with E-state index in [2.05, 4.69) is 24.0 Å². The number of oxazole rings is 1. The van der Waals surface area contributed by atoms with Gasteiger partial charge in [0.15, 0.2) is 0 Å². The molecule has 2 unspecified atom stereocenters. The van der Waals surface area contributed by atoms with Crippen LogP contribution in [0.1, 0.15) is 59.6 Å². The Morgan fingerprint density at radius 3 is 2.68 bits per heavy atom. The molecule has 4 aromatic rings. The van der Waals surface area contributed by atoms with E-state index in [1.165, 1.54) is 21.5 Å². The average Bonchev–Trinajstić information content (AvgIpc) is 3.41. The SMILES string of the molecule is Cc1ccc(-c2nc(COC3CCCC(CCc4sc(=O)n(Cc5ccccc5)c4O)C3)c(C)o2)cc1. The van der Waals surface area contributed by atoms with Crippen molar-refractivity contribution in [2.45, 2.75) is 71.6 Å². The van der Waals surface area contributed by atoms with Crippen molar-refractivity contribution in [1.29, 1.82) is 0 Å². The fourth-order valence-corrected chi connectivity index (χ4v) is 5.97. The molecule has 0 aliphatic heterocycles. The summed E-state index contributed by atoms with van der Waals surface area (Å²) in [6, 6.07) is 17.9. The van der Waals surface area contributed by atoms with Gasteiger partial charge in [-0.2, -0.15) is 0 Å². The number of aromatic nitrogens is 2. The van der Waals surface area contributed by atoms with Crippen molar-refractivity contribution in [3.63, 3.8) is 0 Å². The molecular formula is C30H34N2O4S. The van der Waals surface area contributed by atoms with Gasteiger partial charge in [0.05, 0.1) is 24.1 Å². The van der Waals surface area contributed by atoms with E-state index in [0.29, 0.717) is 31.4 Å². The first kappa shape index (κ1) is 25.5. The van der Waals surface area contributed by atoms with Crippen LogP contribution in [0.25, 0.3) is 11.5 Å². The largest absolute Gasteiger partial charge is 0.494 e. The van der Waals surface area contributed by atoms with E-state index in [1.54, 1.807) is 0 Å². The van der Waals surface area contributed by atoms with Crippen molar-refractivity contribution in [1.82, 2.24) is 9.55 Å². The number of benzene rings is 2. The second-order valence-electron chi connectivity index (χ2n) is 10.1. The van der Waals surface area contributed by atoms with Gasteiger partial charge < -0.3 is 14.3 Å². The predicted octanol–water partition coefficient (Wildman–Crippen LogP) is 6.64. The van der Waals surface area contributed by atoms with Gasteiger partial charge in [-0.3, -0.25) is 9.36 Å². The molecule has 1 N–H and O–H groups in total. The first-order valence-electron chi connectivity index (χ1n) is 13.1. The van der Waals surface area contributed by atoms with E-state index in [-0.39, 0.29) is 16.9 Å². The summed E-state index contributed by atoms with van der Waals surface area (Å²) >= 11 is 1.17. The van der Waals surface area contributed by atoms with Gasteiger partial charge in [0.1, 0.15) is 11.5 Å². The maximum Gasteiger partial charge on any atom is 0.310 e. The van der Waals surface area contributed by atoms with Crippen molar-refractivity contribution >= 4 is 11.3 Å². The molecule has 1 aliphatic carbocycles. The zero-order chi connectivity index (χ0) is 25.8. The highest BCUT2D eigenvalue weighted by Gasteiger charge is 2.24. The van der Waals surface area contributed by atoms with Crippen LogP contribution >= 0.6 is 11.3 Å². The number of rotatable bonds is 9. The minimum absolute atomic E-state index is 0.103. The van der Waals surface area contributed by atoms with Crippen molar-refractivity contribution in [2.24, 2.45) is 5.92 Å². The van der Waals surface area contributed by atoms with Crippen LogP contribution in [0.15, 0.2) is 63.8 Å². The molecule has 1 saturated carbocycles. The van der Waals surface area contributed by atoms with Gasteiger partial charge in [0.25, 0.3) is 0 Å². The summed E-state index contributed by atoms with van der Waals surface area (Å²) in [5.74, 6) is 2.07. The van der Waals surface area contributed by atoms with Crippen molar-refractivity contribution < 1.29 is 14.3 Å². The van der Waals surface area contributed by atoms with Crippen LogP contribution in [0.3, 0.4) is 0 Å². The number of hydrogen-bond acceptors (Lipinski definition) is 6. The minimum atomic E-state index is -0.103. The normalized spacial score (nSPS) is 17.8. The van der Waals surface area contributed by atoms with Gasteiger partial charge in [0.2, 0.25) is 11.8 Å². The zero-order valence-electron chi connectivity index (χ0n) is 21.5. The molecular weight excluding hydrogens is 484 g/mol. The standard InChI is InChI=1S/C30H34N2O4S/c1-20-11-14-24(15-12-20)28-31-26(21(2)36-28)19-35-25-10-6-9-22(17-25)13-16-27-29(33)32(30(34)37-27)18-23-7-4-3-5-8-23/h3-5,7-8,11-12,14-15,22,25,33H,6,9-10,13,16-19H2,1-2H3. The van der Waals surface area contributed by atoms with Crippen molar-refractivity contribution in [2.75, 3.05) is 0 Å². The van der Waals surface area contributed by atoms with Crippen molar-refractivity contribution in [3.05, 3.63) is 91.7 Å². The van der Waals surface area contributed by atoms with E-state index in [1.807, 2.05) is 49.4 Å². The predicted molar refractivity (Wildman–Crippen MR) is 146 cm³/mol. The third-order valence-corrected chi connectivity index (χ3v) is 8.31. The molecule has 2 aromatic carbocycles. The lowest BCUT2D eigenvalue weighted by Gasteiger charge is -2.29. The highest BCUT2D eigenvalue weighted by Crippen LogP contribution is 2.33. The summed E-state index contributed by atoms with van der Waals surface area (Å²) in [6.07, 6.45) is 6.16. The third kappa shape index (κ3) is 6.22. The molecule has 0 bridgehead atoms. The molecule has 7 heteroatoms. The summed E-state index contributed by atoms with van der Waals surface area (Å²) in [5, 5.41) is 10.7. The number of aryl methyl sites for hydroxylation is 3. The van der Waals surface area contributed by atoms with Crippen LogP contribution in [0.2, 0.25) is 0 Å². The highest BCUT2D eigenvalue weighted by molar-refractivity contribution is 7.09. The zero-order valence-corrected chi connectivity index (χ0v) is 22.3. The molecule has 1 fully saturated rings. The Labute approximate surface area is 221 Å². The van der Waals surface area contributed by atoms with Gasteiger partial charge in [-0.25, -0.2) is 4.98 Å². The molecule has 2 aromatic heterocycles. The summed E-state index contributed by atoms with van der Waals surface area (Å²) in [4.78, 5) is 17.9. The summed E-state index contributed by atoms with van der Waals surface area (Å²) in [6.45, 7) is 4.85. The smallest absolute Gasteiger partial charge is 0.310 e. The number of ether oxygens (including phenoxy) is 1. The first-order chi connectivity index (χ1) is 18.0. The second-order valence-corrected chi connectivity index (χ2v) is 11.1. The lowest BCUT2D eigenvalue weighted by molar-refractivity contribution is -0.000497. The fraction of sp³-hybridized carbons (Fsp3) is 0.400. The maximum absolute atomic E-state index is 12.5. The molecule has 1 aliphatic rings. The van der Waals surface area contributed by atoms with Crippen LogP contribution < -0.4 is 4.87 Å². The monoisotopic (exact) mass is 518 g/mol. The van der Waals surface area contributed by atoms with E-state index >= 15 is 0 Å². The lowest BCUT2D eigenvalue weighted by Crippen LogP contribution is -2.23. The van der Waals surface area contributed by atoms with Crippen molar-refractivity contribution in [3.8, 4) is 17.3 Å². The molecule has 0 spiro atoms. The Balaban J connectivity index is 1.14. The summed E-state index contributed by atoms with van der Waals surface area (Å²) < 4.78 is 13.7. The van der Waals surface area contributed by atoms with E-state index in [4.69, 9.17) is 9.15 Å². The van der Waals surface area contributed by atoms with Gasteiger partial charge in [-0.05, 0) is 63.1 Å². The van der Waals surface area contributed by atoms with E-state index in [0.717, 1.165) is 59.6 Å². The molecule has 6 nitrogen and oxygen atoms in total. The number of hydrogen-bond donors (Lipinski definition) is 1. The Morgan fingerprint density at radius 2 is 1.89 bits per heavy atom. The van der Waals surface area contributed by atoms with Crippen LogP contribution in [0, 0.1) is 19.8 Å². The van der Waals surface area contributed by atoms with Crippen LogP contribution in [-0.2, 0) is 24.3 Å². The second kappa shape index (κ2) is 11.5. The van der Waals surface area contributed by atoms with Gasteiger partial charge in [0, 0.05) is 5.56 Å². The molecule has 0 saturated heterocycles. The Hall–Kier alpha value is -3.16. The Bertz CT molecular complexity index is 1370. The van der Waals surface area contributed by atoms with Gasteiger partial charge >= 0.3 is 4.87 Å². The topological polar surface area (TPSA) is 77.5 Å². The Kier molecular flexibility index (Phi) is 7.91. The van der Waals surface area contributed by atoms with E-state index in [9.17, 15) is 9.90 Å². The quantitative estimate of drug-likeness (QED) is 0.269. The first-order valence-corrected chi connectivity index (χ1v) is 13.9. The molecule has 0 radical (unpaired) electrons. The van der Waals surface area contributed by atoms with Gasteiger partial charge in [-0.1, -0.05) is 72.2 Å². The lowest BCUT2D eigenvalue weighted by atomic mass is 9.84. The van der Waals surface area contributed by atoms with Crippen LogP contribution in [-0.4, -0.2) is 20.8 Å². The molecule has 0 amide bonds. The van der Waals surface area contributed by atoms with Gasteiger partial charge in [-0.15, -0.1) is 0 Å². The van der Waals surface area contributed by atoms with Crippen LogP contribution in [0.5, 0.6) is 5.88 Å². The molecule has 5 rings (SSSR count). The Morgan fingerprint density at radius 1 is 1.11 bits per heavy atom.